The highest BCUT2D eigenvalue weighted by atomic mass is 16.5. The Balaban J connectivity index is 2.55. The van der Waals surface area contributed by atoms with Gasteiger partial charge >= 0.3 is 11.9 Å². The maximum atomic E-state index is 11.6. The molecule has 0 bridgehead atoms. The van der Waals surface area contributed by atoms with E-state index in [-0.39, 0.29) is 0 Å². The van der Waals surface area contributed by atoms with E-state index in [1.54, 1.807) is 16.7 Å². The number of aromatic nitrogens is 1. The number of nitrogens with zero attached hydrogens (tertiary/aromatic N) is 1. The molecular weight excluding hydrogens is 246 g/mol. The molecule has 5 nitrogen and oxygen atoms in total. The summed E-state index contributed by atoms with van der Waals surface area (Å²) < 4.78 is 11.1. The van der Waals surface area contributed by atoms with E-state index in [4.69, 9.17) is 0 Å². The van der Waals surface area contributed by atoms with E-state index >= 15 is 0 Å². The maximum Gasteiger partial charge on any atom is 0.337 e. The fraction of sp³-hybridized carbons (Fsp3) is 0.143. The summed E-state index contributed by atoms with van der Waals surface area (Å²) in [5.41, 5.74) is 1.29. The minimum Gasteiger partial charge on any atom is -0.465 e. The van der Waals surface area contributed by atoms with Crippen molar-refractivity contribution in [1.29, 1.82) is 0 Å². The topological polar surface area (TPSA) is 57.5 Å². The smallest absolute Gasteiger partial charge is 0.337 e. The van der Waals surface area contributed by atoms with Gasteiger partial charge in [-0.2, -0.15) is 0 Å². The molecule has 2 rings (SSSR count). The molecule has 0 unspecified atom stereocenters. The molecule has 0 spiro atoms. The Labute approximate surface area is 110 Å². The van der Waals surface area contributed by atoms with Crippen molar-refractivity contribution in [2.75, 3.05) is 14.2 Å². The van der Waals surface area contributed by atoms with Gasteiger partial charge in [-0.1, -0.05) is 0 Å². The van der Waals surface area contributed by atoms with Crippen molar-refractivity contribution in [3.8, 4) is 5.69 Å². The highest BCUT2D eigenvalue weighted by Crippen LogP contribution is 2.16. The van der Waals surface area contributed by atoms with Crippen LogP contribution in [0.3, 0.4) is 0 Å². The minimum atomic E-state index is -0.501. The van der Waals surface area contributed by atoms with E-state index < -0.39 is 11.9 Å². The summed E-state index contributed by atoms with van der Waals surface area (Å²) in [6, 6.07) is 8.45. The normalized spacial score (nSPS) is 10.0. The Morgan fingerprint density at radius 3 is 1.79 bits per heavy atom. The first-order chi connectivity index (χ1) is 9.15. The van der Waals surface area contributed by atoms with Crippen molar-refractivity contribution in [2.45, 2.75) is 0 Å². The summed E-state index contributed by atoms with van der Waals surface area (Å²) in [7, 11) is 2.59. The van der Waals surface area contributed by atoms with Gasteiger partial charge in [-0.3, -0.25) is 0 Å². The van der Waals surface area contributed by atoms with Crippen LogP contribution in [0.2, 0.25) is 0 Å². The van der Waals surface area contributed by atoms with Crippen LogP contribution >= 0.6 is 0 Å². The summed E-state index contributed by atoms with van der Waals surface area (Å²) >= 11 is 0. The van der Waals surface area contributed by atoms with E-state index in [1.165, 1.54) is 20.3 Å². The summed E-state index contributed by atoms with van der Waals surface area (Å²) in [6.45, 7) is 0. The zero-order chi connectivity index (χ0) is 13.8. The zero-order valence-corrected chi connectivity index (χ0v) is 10.6. The van der Waals surface area contributed by atoms with Crippen molar-refractivity contribution in [3.05, 3.63) is 53.9 Å². The number of methoxy groups -OCH3 is 2. The van der Waals surface area contributed by atoms with Crippen molar-refractivity contribution < 1.29 is 19.1 Å². The Morgan fingerprint density at radius 2 is 1.37 bits per heavy atom. The van der Waals surface area contributed by atoms with Crippen molar-refractivity contribution in [2.24, 2.45) is 0 Å². The second-order valence-corrected chi connectivity index (χ2v) is 3.84. The summed E-state index contributed by atoms with van der Waals surface area (Å²) in [4.78, 5) is 23.2. The van der Waals surface area contributed by atoms with Crippen LogP contribution in [-0.4, -0.2) is 30.7 Å². The van der Waals surface area contributed by atoms with Gasteiger partial charge in [0.05, 0.1) is 25.3 Å². The maximum absolute atomic E-state index is 11.6. The average molecular weight is 259 g/mol. The van der Waals surface area contributed by atoms with Crippen LogP contribution in [0.4, 0.5) is 0 Å². The predicted octanol–water partition coefficient (Wildman–Crippen LogP) is 2.05. The molecule has 98 valence electrons. The van der Waals surface area contributed by atoms with Gasteiger partial charge in [-0.25, -0.2) is 9.59 Å². The number of ether oxygens (including phenoxy) is 2. The average Bonchev–Trinajstić information content (AvgIpc) is 2.99. The molecule has 1 aromatic carbocycles. The Hall–Kier alpha value is -2.56. The van der Waals surface area contributed by atoms with Gasteiger partial charge in [0.1, 0.15) is 0 Å². The van der Waals surface area contributed by atoms with Crippen LogP contribution in [0.25, 0.3) is 5.69 Å². The summed E-state index contributed by atoms with van der Waals surface area (Å²) in [5, 5.41) is 0. The van der Waals surface area contributed by atoms with Gasteiger partial charge in [-0.15, -0.1) is 0 Å². The number of rotatable bonds is 3. The first kappa shape index (κ1) is 12.9. The minimum absolute atomic E-state index is 0.300. The third-order valence-corrected chi connectivity index (χ3v) is 2.66. The van der Waals surface area contributed by atoms with E-state index in [0.29, 0.717) is 16.8 Å². The fourth-order valence-electron chi connectivity index (χ4n) is 1.74. The number of carbonyl (C=O) groups excluding carboxylic acids is 2. The molecule has 5 heteroatoms. The Bertz CT molecular complexity index is 568. The highest BCUT2D eigenvalue weighted by Gasteiger charge is 2.14. The third-order valence-electron chi connectivity index (χ3n) is 2.66. The first-order valence-corrected chi connectivity index (χ1v) is 5.61. The first-order valence-electron chi connectivity index (χ1n) is 5.61. The zero-order valence-electron chi connectivity index (χ0n) is 10.6. The standard InChI is InChI=1S/C14H13NO4/c1-18-13(16)10-7-11(14(17)19-2)9-12(8-10)15-5-3-4-6-15/h3-9H,1-2H3. The molecule has 0 N–H and O–H groups in total. The van der Waals surface area contributed by atoms with Gasteiger partial charge in [0, 0.05) is 18.1 Å². The molecule has 0 aliphatic rings. The number of esters is 2. The number of benzene rings is 1. The molecule has 0 fully saturated rings. The molecule has 0 aliphatic carbocycles. The summed E-state index contributed by atoms with van der Waals surface area (Å²) in [6.07, 6.45) is 3.63. The molecule has 19 heavy (non-hydrogen) atoms. The lowest BCUT2D eigenvalue weighted by Gasteiger charge is -2.08. The van der Waals surface area contributed by atoms with Crippen molar-refractivity contribution in [1.82, 2.24) is 4.57 Å². The summed E-state index contributed by atoms with van der Waals surface area (Å²) in [5.74, 6) is -1.00. The van der Waals surface area contributed by atoms with E-state index in [0.717, 1.165) is 0 Å². The largest absolute Gasteiger partial charge is 0.465 e. The molecular formula is C14H13NO4. The quantitative estimate of drug-likeness (QED) is 0.791. The van der Waals surface area contributed by atoms with E-state index in [2.05, 4.69) is 9.47 Å². The van der Waals surface area contributed by atoms with Crippen LogP contribution in [0.1, 0.15) is 20.7 Å². The van der Waals surface area contributed by atoms with Crippen LogP contribution in [0.15, 0.2) is 42.7 Å². The predicted molar refractivity (Wildman–Crippen MR) is 68.4 cm³/mol. The van der Waals surface area contributed by atoms with Gasteiger partial charge < -0.3 is 14.0 Å². The number of hydrogen-bond acceptors (Lipinski definition) is 4. The molecule has 1 aromatic heterocycles. The monoisotopic (exact) mass is 259 g/mol. The SMILES string of the molecule is COC(=O)c1cc(C(=O)OC)cc(-n2cccc2)c1. The Kier molecular flexibility index (Phi) is 3.66. The van der Waals surface area contributed by atoms with Crippen LogP contribution < -0.4 is 0 Å². The van der Waals surface area contributed by atoms with E-state index in [1.807, 2.05) is 24.5 Å². The molecule has 1 heterocycles. The Morgan fingerprint density at radius 1 is 0.895 bits per heavy atom. The van der Waals surface area contributed by atoms with Crippen LogP contribution in [0.5, 0.6) is 0 Å². The number of carbonyl (C=O) groups is 2. The van der Waals surface area contributed by atoms with Gasteiger partial charge in [0.15, 0.2) is 0 Å². The molecule has 0 radical (unpaired) electrons. The van der Waals surface area contributed by atoms with Crippen LogP contribution in [0, 0.1) is 0 Å². The van der Waals surface area contributed by atoms with Crippen molar-refractivity contribution in [3.63, 3.8) is 0 Å². The molecule has 0 amide bonds. The lowest BCUT2D eigenvalue weighted by Crippen LogP contribution is -2.08. The van der Waals surface area contributed by atoms with Crippen LogP contribution in [-0.2, 0) is 9.47 Å². The molecule has 2 aromatic rings. The lowest BCUT2D eigenvalue weighted by molar-refractivity contribution is 0.0599. The van der Waals surface area contributed by atoms with Gasteiger partial charge in [0.2, 0.25) is 0 Å². The lowest BCUT2D eigenvalue weighted by atomic mass is 10.1. The van der Waals surface area contributed by atoms with Gasteiger partial charge in [-0.05, 0) is 30.3 Å². The second kappa shape index (κ2) is 5.39. The van der Waals surface area contributed by atoms with Gasteiger partial charge in [0.25, 0.3) is 0 Å². The molecule has 0 atom stereocenters. The van der Waals surface area contributed by atoms with Crippen molar-refractivity contribution >= 4 is 11.9 Å². The van der Waals surface area contributed by atoms with E-state index in [9.17, 15) is 9.59 Å². The highest BCUT2D eigenvalue weighted by molar-refractivity contribution is 5.96. The number of hydrogen-bond donors (Lipinski definition) is 0. The molecule has 0 aliphatic heterocycles. The third kappa shape index (κ3) is 2.65. The molecule has 0 saturated carbocycles. The fourth-order valence-corrected chi connectivity index (χ4v) is 1.74. The molecule has 0 saturated heterocycles. The second-order valence-electron chi connectivity index (χ2n) is 3.84.